The average molecular weight is 532 g/mol. The number of nitrogens with two attached hydrogens (primary N) is 1. The maximum Gasteiger partial charge on any atom is 0.323 e. The standard InChI is InChI=1S/C25H27ClFN5O5/c26-18-3-1-2-15(22(18)27)12-29-23(34)19(10-14-4-5-14)30-25(36)31-20-13-32(24(28)35)21-11-16(37-9-8-33)6-7-17(20)21/h1-3,6-7,11,13-14,19,33H,4-5,8-10,12H2,(H2,28,35)(H,29,34)(H2,30,31,36)/t19-/m0/s1. The number of carbonyl (C=O) groups is 3. The Bertz CT molecular complexity index is 1330. The summed E-state index contributed by atoms with van der Waals surface area (Å²) in [6, 6.07) is 7.10. The molecule has 1 aromatic heterocycles. The number of hydrogen-bond donors (Lipinski definition) is 5. The molecule has 1 aliphatic rings. The molecule has 3 aromatic rings. The molecule has 37 heavy (non-hydrogen) atoms. The Kier molecular flexibility index (Phi) is 8.14. The first-order valence-corrected chi connectivity index (χ1v) is 12.1. The largest absolute Gasteiger partial charge is 0.491 e. The fourth-order valence-corrected chi connectivity index (χ4v) is 4.16. The van der Waals surface area contributed by atoms with Gasteiger partial charge in [0.05, 0.1) is 22.8 Å². The van der Waals surface area contributed by atoms with E-state index in [-0.39, 0.29) is 30.3 Å². The Morgan fingerprint density at radius 3 is 2.73 bits per heavy atom. The van der Waals surface area contributed by atoms with Crippen LogP contribution in [0.2, 0.25) is 5.02 Å². The number of primary amides is 1. The van der Waals surface area contributed by atoms with Crippen molar-refractivity contribution in [1.29, 1.82) is 0 Å². The van der Waals surface area contributed by atoms with Gasteiger partial charge in [0, 0.05) is 29.8 Å². The molecule has 196 valence electrons. The van der Waals surface area contributed by atoms with E-state index in [2.05, 4.69) is 16.0 Å². The van der Waals surface area contributed by atoms with Crippen LogP contribution in [0.3, 0.4) is 0 Å². The van der Waals surface area contributed by atoms with E-state index >= 15 is 0 Å². The minimum Gasteiger partial charge on any atom is -0.491 e. The number of benzene rings is 2. The highest BCUT2D eigenvalue weighted by molar-refractivity contribution is 6.30. The Morgan fingerprint density at radius 2 is 2.03 bits per heavy atom. The SMILES string of the molecule is NC(=O)n1cc(NC(=O)N[C@@H](CC2CC2)C(=O)NCc2cccc(Cl)c2F)c2ccc(OCCO)cc21. The molecule has 0 spiro atoms. The first-order chi connectivity index (χ1) is 17.8. The Labute approximate surface area is 216 Å². The zero-order valence-corrected chi connectivity index (χ0v) is 20.6. The second-order valence-corrected chi connectivity index (χ2v) is 9.17. The van der Waals surface area contributed by atoms with Gasteiger partial charge in [-0.2, -0.15) is 0 Å². The smallest absolute Gasteiger partial charge is 0.323 e. The molecule has 0 aliphatic heterocycles. The van der Waals surface area contributed by atoms with Crippen LogP contribution in [0.5, 0.6) is 5.75 Å². The molecule has 10 nitrogen and oxygen atoms in total. The van der Waals surface area contributed by atoms with Crippen molar-refractivity contribution in [3.05, 3.63) is 59.0 Å². The molecule has 0 radical (unpaired) electrons. The quantitative estimate of drug-likeness (QED) is 0.272. The summed E-state index contributed by atoms with van der Waals surface area (Å²) >= 11 is 5.81. The van der Waals surface area contributed by atoms with Crippen molar-refractivity contribution in [3.8, 4) is 5.75 Å². The van der Waals surface area contributed by atoms with Gasteiger partial charge in [-0.1, -0.05) is 36.6 Å². The van der Waals surface area contributed by atoms with E-state index in [1.807, 2.05) is 0 Å². The summed E-state index contributed by atoms with van der Waals surface area (Å²) in [4.78, 5) is 37.7. The summed E-state index contributed by atoms with van der Waals surface area (Å²) in [6.07, 6.45) is 3.73. The number of urea groups is 1. The van der Waals surface area contributed by atoms with E-state index in [4.69, 9.17) is 27.2 Å². The van der Waals surface area contributed by atoms with E-state index in [1.54, 1.807) is 24.3 Å². The highest BCUT2D eigenvalue weighted by Crippen LogP contribution is 2.34. The highest BCUT2D eigenvalue weighted by atomic mass is 35.5. The summed E-state index contributed by atoms with van der Waals surface area (Å²) in [5, 5.41) is 17.5. The lowest BCUT2D eigenvalue weighted by atomic mass is 10.1. The fourth-order valence-electron chi connectivity index (χ4n) is 3.97. The number of aromatic nitrogens is 1. The topological polar surface area (TPSA) is 148 Å². The van der Waals surface area contributed by atoms with Crippen LogP contribution in [-0.2, 0) is 11.3 Å². The van der Waals surface area contributed by atoms with E-state index in [0.29, 0.717) is 34.7 Å². The summed E-state index contributed by atoms with van der Waals surface area (Å²) < 4.78 is 20.7. The number of nitrogens with one attached hydrogen (secondary N) is 3. The lowest BCUT2D eigenvalue weighted by molar-refractivity contribution is -0.123. The van der Waals surface area contributed by atoms with Gasteiger partial charge < -0.3 is 31.5 Å². The van der Waals surface area contributed by atoms with Crippen molar-refractivity contribution in [2.24, 2.45) is 11.7 Å². The number of halogens is 2. The number of ether oxygens (including phenoxy) is 1. The molecular formula is C25H27ClFN5O5. The van der Waals surface area contributed by atoms with Crippen LogP contribution >= 0.6 is 11.6 Å². The molecule has 12 heteroatoms. The lowest BCUT2D eigenvalue weighted by Crippen LogP contribution is -2.48. The van der Waals surface area contributed by atoms with Gasteiger partial charge in [0.2, 0.25) is 5.91 Å². The van der Waals surface area contributed by atoms with Gasteiger partial charge in [-0.3, -0.25) is 9.36 Å². The van der Waals surface area contributed by atoms with Crippen LogP contribution in [0.1, 0.15) is 24.8 Å². The third kappa shape index (κ3) is 6.49. The summed E-state index contributed by atoms with van der Waals surface area (Å²) in [5.74, 6) is -0.333. The van der Waals surface area contributed by atoms with Crippen molar-refractivity contribution in [2.45, 2.75) is 31.8 Å². The number of fused-ring (bicyclic) bond motifs is 1. The molecule has 0 saturated heterocycles. The van der Waals surface area contributed by atoms with Gasteiger partial charge in [-0.25, -0.2) is 14.0 Å². The Morgan fingerprint density at radius 1 is 1.24 bits per heavy atom. The first-order valence-electron chi connectivity index (χ1n) is 11.7. The van der Waals surface area contributed by atoms with Crippen LogP contribution in [0.15, 0.2) is 42.6 Å². The van der Waals surface area contributed by atoms with Crippen molar-refractivity contribution >= 4 is 46.2 Å². The third-order valence-corrected chi connectivity index (χ3v) is 6.29. The molecule has 4 amide bonds. The van der Waals surface area contributed by atoms with Crippen molar-refractivity contribution in [1.82, 2.24) is 15.2 Å². The van der Waals surface area contributed by atoms with Crippen LogP contribution < -0.4 is 26.4 Å². The third-order valence-electron chi connectivity index (χ3n) is 6.00. The second kappa shape index (κ2) is 11.5. The first kappa shape index (κ1) is 26.2. The number of nitrogens with zero attached hydrogens (tertiary/aromatic N) is 1. The van der Waals surface area contributed by atoms with Crippen molar-refractivity contribution in [2.75, 3.05) is 18.5 Å². The maximum absolute atomic E-state index is 14.2. The molecule has 1 fully saturated rings. The number of aliphatic hydroxyl groups excluding tert-OH is 1. The van der Waals surface area contributed by atoms with Gasteiger partial charge >= 0.3 is 12.1 Å². The lowest BCUT2D eigenvalue weighted by Gasteiger charge is -2.19. The van der Waals surface area contributed by atoms with Crippen molar-refractivity contribution < 1.29 is 28.6 Å². The second-order valence-electron chi connectivity index (χ2n) is 8.76. The van der Waals surface area contributed by atoms with E-state index < -0.39 is 29.8 Å². The molecule has 6 N–H and O–H groups in total. The number of rotatable bonds is 10. The van der Waals surface area contributed by atoms with Crippen LogP contribution in [0.4, 0.5) is 19.7 Å². The molecular weight excluding hydrogens is 505 g/mol. The predicted octanol–water partition coefficient (Wildman–Crippen LogP) is 3.34. The minimum absolute atomic E-state index is 0.0408. The van der Waals surface area contributed by atoms with Crippen LogP contribution in [-0.4, -0.2) is 46.9 Å². The van der Waals surface area contributed by atoms with E-state index in [9.17, 15) is 18.8 Å². The number of carbonyl (C=O) groups excluding carboxylic acids is 3. The summed E-state index contributed by atoms with van der Waals surface area (Å²) in [6.45, 7) is -0.182. The summed E-state index contributed by atoms with van der Waals surface area (Å²) in [7, 11) is 0. The van der Waals surface area contributed by atoms with Crippen LogP contribution in [0, 0.1) is 11.7 Å². The maximum atomic E-state index is 14.2. The predicted molar refractivity (Wildman–Crippen MR) is 136 cm³/mol. The molecule has 1 atom stereocenters. The van der Waals surface area contributed by atoms with Gasteiger partial charge in [0.1, 0.15) is 24.2 Å². The minimum atomic E-state index is -0.849. The molecule has 1 aliphatic carbocycles. The molecule has 1 heterocycles. The zero-order chi connectivity index (χ0) is 26.5. The molecule has 4 rings (SSSR count). The summed E-state index contributed by atoms with van der Waals surface area (Å²) in [5.41, 5.74) is 6.41. The molecule has 0 unspecified atom stereocenters. The van der Waals surface area contributed by atoms with Gasteiger partial charge in [0.15, 0.2) is 0 Å². The van der Waals surface area contributed by atoms with Crippen LogP contribution in [0.25, 0.3) is 10.9 Å². The normalized spacial score (nSPS) is 13.7. The monoisotopic (exact) mass is 531 g/mol. The fraction of sp³-hybridized carbons (Fsp3) is 0.320. The number of aliphatic hydroxyl groups is 1. The van der Waals surface area contributed by atoms with E-state index in [0.717, 1.165) is 17.4 Å². The zero-order valence-electron chi connectivity index (χ0n) is 19.8. The number of hydrogen-bond acceptors (Lipinski definition) is 5. The van der Waals surface area contributed by atoms with Gasteiger partial charge in [-0.15, -0.1) is 0 Å². The number of amides is 4. The number of anilines is 1. The Hall–Kier alpha value is -3.83. The van der Waals surface area contributed by atoms with E-state index in [1.165, 1.54) is 18.3 Å². The van der Waals surface area contributed by atoms with Gasteiger partial charge in [0.25, 0.3) is 0 Å². The molecule has 2 aromatic carbocycles. The molecule has 1 saturated carbocycles. The average Bonchev–Trinajstić information content (AvgIpc) is 3.62. The highest BCUT2D eigenvalue weighted by Gasteiger charge is 2.30. The van der Waals surface area contributed by atoms with Crippen molar-refractivity contribution in [3.63, 3.8) is 0 Å². The molecule has 0 bridgehead atoms. The van der Waals surface area contributed by atoms with Gasteiger partial charge in [-0.05, 0) is 30.5 Å². The Balaban J connectivity index is 1.46.